The number of thioether (sulfide) groups is 1. The molecule has 142 valence electrons. The predicted molar refractivity (Wildman–Crippen MR) is 114 cm³/mol. The molecule has 0 radical (unpaired) electrons. The van der Waals surface area contributed by atoms with Crippen LogP contribution in [-0.2, 0) is 11.2 Å². The third kappa shape index (κ3) is 4.52. The highest BCUT2D eigenvalue weighted by Gasteiger charge is 2.16. The third-order valence-corrected chi connectivity index (χ3v) is 5.44. The van der Waals surface area contributed by atoms with Crippen molar-refractivity contribution in [2.75, 3.05) is 0 Å². The summed E-state index contributed by atoms with van der Waals surface area (Å²) < 4.78 is 0. The lowest BCUT2D eigenvalue weighted by molar-refractivity contribution is 0.590. The zero-order valence-corrected chi connectivity index (χ0v) is 17.4. The Balaban J connectivity index is 1.94. The van der Waals surface area contributed by atoms with Crippen molar-refractivity contribution in [3.05, 3.63) is 81.1 Å². The normalized spacial score (nSPS) is 11.2. The fourth-order valence-corrected chi connectivity index (χ4v) is 3.72. The second kappa shape index (κ2) is 8.04. The Morgan fingerprint density at radius 1 is 1.14 bits per heavy atom. The van der Waals surface area contributed by atoms with Gasteiger partial charge in [0, 0.05) is 11.3 Å². The molecule has 28 heavy (non-hydrogen) atoms. The van der Waals surface area contributed by atoms with E-state index in [1.54, 1.807) is 0 Å². The first-order valence-electron chi connectivity index (χ1n) is 9.11. The lowest BCUT2D eigenvalue weighted by atomic mass is 9.86. The van der Waals surface area contributed by atoms with E-state index >= 15 is 0 Å². The van der Waals surface area contributed by atoms with Crippen molar-refractivity contribution in [2.24, 2.45) is 0 Å². The number of aromatic amines is 1. The van der Waals surface area contributed by atoms with Gasteiger partial charge in [0.2, 0.25) is 0 Å². The summed E-state index contributed by atoms with van der Waals surface area (Å²) in [5.41, 5.74) is 4.42. The van der Waals surface area contributed by atoms with Crippen LogP contribution in [0.2, 0.25) is 0 Å². The first-order valence-corrected chi connectivity index (χ1v) is 10.1. The van der Waals surface area contributed by atoms with Crippen LogP contribution in [0.1, 0.15) is 43.0 Å². The number of H-pyrrole nitrogens is 1. The topological polar surface area (TPSA) is 69.5 Å². The molecule has 1 aromatic heterocycles. The standard InChI is InChI=1S/C23H23N3OS/c1-15-6-5-7-16(12-15)14-28-22-25-20(19(13-24)21(27)26-22)17-8-10-18(11-9-17)23(2,3)4/h5-12H,14H2,1-4H3,(H,25,26,27). The van der Waals surface area contributed by atoms with Crippen molar-refractivity contribution in [3.63, 3.8) is 0 Å². The second-order valence-corrected chi connectivity index (χ2v) is 8.78. The van der Waals surface area contributed by atoms with E-state index in [9.17, 15) is 10.1 Å². The molecule has 4 nitrogen and oxygen atoms in total. The number of aryl methyl sites for hydroxylation is 1. The summed E-state index contributed by atoms with van der Waals surface area (Å²) in [5, 5.41) is 9.97. The Labute approximate surface area is 169 Å². The molecule has 3 aromatic rings. The quantitative estimate of drug-likeness (QED) is 0.491. The lowest BCUT2D eigenvalue weighted by Crippen LogP contribution is -2.15. The van der Waals surface area contributed by atoms with Gasteiger partial charge in [0.05, 0.1) is 5.69 Å². The monoisotopic (exact) mass is 389 g/mol. The largest absolute Gasteiger partial charge is 0.300 e. The van der Waals surface area contributed by atoms with Crippen LogP contribution < -0.4 is 5.56 Å². The van der Waals surface area contributed by atoms with E-state index in [2.05, 4.69) is 49.8 Å². The van der Waals surface area contributed by atoms with Crippen LogP contribution in [0.4, 0.5) is 0 Å². The Kier molecular flexibility index (Phi) is 5.71. The van der Waals surface area contributed by atoms with Crippen molar-refractivity contribution >= 4 is 11.8 Å². The van der Waals surface area contributed by atoms with Crippen LogP contribution in [0.15, 0.2) is 58.5 Å². The fourth-order valence-electron chi connectivity index (χ4n) is 2.92. The molecule has 1 N–H and O–H groups in total. The van der Waals surface area contributed by atoms with Gasteiger partial charge in [0.25, 0.3) is 5.56 Å². The van der Waals surface area contributed by atoms with Gasteiger partial charge >= 0.3 is 0 Å². The average molecular weight is 390 g/mol. The fraction of sp³-hybridized carbons (Fsp3) is 0.261. The Morgan fingerprint density at radius 3 is 2.46 bits per heavy atom. The zero-order valence-electron chi connectivity index (χ0n) is 16.5. The molecule has 2 aromatic carbocycles. The zero-order chi connectivity index (χ0) is 20.3. The number of nitrogens with one attached hydrogen (secondary N) is 1. The van der Waals surface area contributed by atoms with Crippen molar-refractivity contribution < 1.29 is 0 Å². The van der Waals surface area contributed by atoms with Crippen LogP contribution in [0.5, 0.6) is 0 Å². The molecule has 0 aliphatic rings. The minimum Gasteiger partial charge on any atom is -0.300 e. The van der Waals surface area contributed by atoms with Crippen LogP contribution >= 0.6 is 11.8 Å². The average Bonchev–Trinajstić information content (AvgIpc) is 2.65. The molecule has 0 spiro atoms. The smallest absolute Gasteiger partial charge is 0.270 e. The van der Waals surface area contributed by atoms with E-state index in [0.29, 0.717) is 16.6 Å². The molecule has 0 aliphatic heterocycles. The van der Waals surface area contributed by atoms with Crippen molar-refractivity contribution in [1.82, 2.24) is 9.97 Å². The summed E-state index contributed by atoms with van der Waals surface area (Å²) in [6.45, 7) is 8.49. The Bertz CT molecular complexity index is 1090. The number of hydrogen-bond acceptors (Lipinski definition) is 4. The molecule has 0 atom stereocenters. The number of benzene rings is 2. The van der Waals surface area contributed by atoms with Gasteiger partial charge in [-0.3, -0.25) is 4.79 Å². The summed E-state index contributed by atoms with van der Waals surface area (Å²) >= 11 is 1.46. The highest BCUT2D eigenvalue weighted by atomic mass is 32.2. The molecule has 5 heteroatoms. The molecule has 0 bridgehead atoms. The summed E-state index contributed by atoms with van der Waals surface area (Å²) in [4.78, 5) is 19.7. The molecule has 0 fully saturated rings. The number of nitriles is 1. The van der Waals surface area contributed by atoms with Gasteiger partial charge in [-0.1, -0.05) is 86.6 Å². The van der Waals surface area contributed by atoms with Crippen LogP contribution in [0, 0.1) is 18.3 Å². The predicted octanol–water partition coefficient (Wildman–Crippen LogP) is 5.21. The van der Waals surface area contributed by atoms with Crippen LogP contribution in [-0.4, -0.2) is 9.97 Å². The second-order valence-electron chi connectivity index (χ2n) is 7.81. The summed E-state index contributed by atoms with van der Waals surface area (Å²) in [7, 11) is 0. The van der Waals surface area contributed by atoms with Gasteiger partial charge in [-0.15, -0.1) is 0 Å². The Morgan fingerprint density at radius 2 is 1.86 bits per heavy atom. The highest BCUT2D eigenvalue weighted by molar-refractivity contribution is 7.98. The van der Waals surface area contributed by atoms with Crippen molar-refractivity contribution in [1.29, 1.82) is 5.26 Å². The van der Waals surface area contributed by atoms with Crippen LogP contribution in [0.25, 0.3) is 11.3 Å². The molecule has 0 amide bonds. The van der Waals surface area contributed by atoms with Crippen LogP contribution in [0.3, 0.4) is 0 Å². The minimum atomic E-state index is -0.404. The van der Waals surface area contributed by atoms with E-state index in [1.165, 1.54) is 22.9 Å². The maximum absolute atomic E-state index is 12.4. The van der Waals surface area contributed by atoms with Gasteiger partial charge in [-0.2, -0.15) is 5.26 Å². The molecular weight excluding hydrogens is 366 g/mol. The Hall–Kier alpha value is -2.84. The van der Waals surface area contributed by atoms with Gasteiger partial charge in [-0.05, 0) is 23.5 Å². The summed E-state index contributed by atoms with van der Waals surface area (Å²) in [6, 6.07) is 18.1. The summed E-state index contributed by atoms with van der Waals surface area (Å²) in [5.74, 6) is 0.693. The minimum absolute atomic E-state index is 0.0347. The van der Waals surface area contributed by atoms with E-state index in [0.717, 1.165) is 11.1 Å². The SMILES string of the molecule is Cc1cccc(CSc2nc(-c3ccc(C(C)(C)C)cc3)c(C#N)c(=O)[nH]2)c1. The van der Waals surface area contributed by atoms with E-state index < -0.39 is 5.56 Å². The molecular formula is C23H23N3OS. The molecule has 0 aliphatic carbocycles. The number of aromatic nitrogens is 2. The molecule has 0 saturated carbocycles. The first kappa shape index (κ1) is 19.9. The lowest BCUT2D eigenvalue weighted by Gasteiger charge is -2.19. The van der Waals surface area contributed by atoms with E-state index in [-0.39, 0.29) is 11.0 Å². The van der Waals surface area contributed by atoms with Gasteiger partial charge in [0.1, 0.15) is 11.6 Å². The van der Waals surface area contributed by atoms with Gasteiger partial charge < -0.3 is 4.98 Å². The molecule has 0 unspecified atom stereocenters. The third-order valence-electron chi connectivity index (χ3n) is 4.49. The number of rotatable bonds is 4. The number of nitrogens with zero attached hydrogens (tertiary/aromatic N) is 2. The maximum atomic E-state index is 12.4. The maximum Gasteiger partial charge on any atom is 0.270 e. The first-order chi connectivity index (χ1) is 13.3. The van der Waals surface area contributed by atoms with Gasteiger partial charge in [-0.25, -0.2) is 4.98 Å². The van der Waals surface area contributed by atoms with Gasteiger partial charge in [0.15, 0.2) is 5.16 Å². The van der Waals surface area contributed by atoms with Crippen molar-refractivity contribution in [2.45, 2.75) is 44.0 Å². The van der Waals surface area contributed by atoms with Crippen molar-refractivity contribution in [3.8, 4) is 17.3 Å². The van der Waals surface area contributed by atoms with E-state index in [1.807, 2.05) is 42.5 Å². The summed E-state index contributed by atoms with van der Waals surface area (Å²) in [6.07, 6.45) is 0. The number of hydrogen-bond donors (Lipinski definition) is 1. The van der Waals surface area contributed by atoms with E-state index in [4.69, 9.17) is 0 Å². The highest BCUT2D eigenvalue weighted by Crippen LogP contribution is 2.27. The molecule has 1 heterocycles. The molecule has 0 saturated heterocycles. The molecule has 3 rings (SSSR count).